The van der Waals surface area contributed by atoms with Crippen molar-refractivity contribution in [3.63, 3.8) is 0 Å². The number of hydrogen-bond acceptors (Lipinski definition) is 6. The van der Waals surface area contributed by atoms with E-state index in [0.29, 0.717) is 12.8 Å². The highest BCUT2D eigenvalue weighted by molar-refractivity contribution is 5.99. The van der Waals surface area contributed by atoms with Gasteiger partial charge in [0.15, 0.2) is 17.5 Å². The number of aromatic amines is 1. The number of anilines is 2. The molecule has 1 aromatic carbocycles. The standard InChI is InChI=1S/C20H22F7N5O3/c1-35-15-13-9(17(33)30-18(34)32(13)8-2-3-8)12(29)10(21)14(15)31-5-4-7(6-31)11(28)16(19(22,23)24)20(25,26)27/h7-8,11,16H,2-6,28-29H2,1H3,(H,30,33,34). The molecule has 5 N–H and O–H groups in total. The number of fused-ring (bicyclic) bond motifs is 1. The van der Waals surface area contributed by atoms with Crippen LogP contribution in [0.15, 0.2) is 9.59 Å². The lowest BCUT2D eigenvalue weighted by molar-refractivity contribution is -0.292. The fourth-order valence-electron chi connectivity index (χ4n) is 4.83. The third kappa shape index (κ3) is 4.19. The molecule has 15 heteroatoms. The number of alkyl halides is 6. The lowest BCUT2D eigenvalue weighted by Gasteiger charge is -2.32. The number of H-pyrrole nitrogens is 1. The molecule has 1 aliphatic heterocycles. The molecule has 2 atom stereocenters. The van der Waals surface area contributed by atoms with Crippen LogP contribution < -0.4 is 32.4 Å². The van der Waals surface area contributed by atoms with Crippen LogP contribution >= 0.6 is 0 Å². The zero-order chi connectivity index (χ0) is 26.0. The summed E-state index contributed by atoms with van der Waals surface area (Å²) in [6.07, 6.45) is -10.3. The number of hydrogen-bond donors (Lipinski definition) is 3. The van der Waals surface area contributed by atoms with Gasteiger partial charge in [-0.1, -0.05) is 0 Å². The summed E-state index contributed by atoms with van der Waals surface area (Å²) in [4.78, 5) is 28.2. The zero-order valence-electron chi connectivity index (χ0n) is 18.3. The Morgan fingerprint density at radius 3 is 2.20 bits per heavy atom. The van der Waals surface area contributed by atoms with Crippen molar-refractivity contribution in [2.24, 2.45) is 17.6 Å². The number of ether oxygens (including phenoxy) is 1. The Morgan fingerprint density at radius 2 is 1.69 bits per heavy atom. The van der Waals surface area contributed by atoms with Crippen molar-refractivity contribution in [1.29, 1.82) is 0 Å². The second-order valence-electron chi connectivity index (χ2n) is 8.83. The van der Waals surface area contributed by atoms with Gasteiger partial charge < -0.3 is 21.1 Å². The van der Waals surface area contributed by atoms with Gasteiger partial charge in [0.1, 0.15) is 11.2 Å². The first kappa shape index (κ1) is 25.1. The molecule has 0 radical (unpaired) electrons. The molecule has 1 saturated heterocycles. The van der Waals surface area contributed by atoms with E-state index in [2.05, 4.69) is 4.98 Å². The quantitative estimate of drug-likeness (QED) is 0.418. The van der Waals surface area contributed by atoms with Crippen LogP contribution in [0.2, 0.25) is 0 Å². The Labute approximate surface area is 192 Å². The number of halogens is 7. The number of nitrogens with two attached hydrogens (primary N) is 2. The van der Waals surface area contributed by atoms with E-state index in [9.17, 15) is 35.9 Å². The van der Waals surface area contributed by atoms with E-state index in [1.165, 1.54) is 9.47 Å². The fraction of sp³-hybridized carbons (Fsp3) is 0.600. The highest BCUT2D eigenvalue weighted by Crippen LogP contribution is 2.48. The van der Waals surface area contributed by atoms with Crippen molar-refractivity contribution < 1.29 is 35.5 Å². The number of nitrogens with one attached hydrogen (secondary N) is 1. The van der Waals surface area contributed by atoms with Gasteiger partial charge in [-0.05, 0) is 25.2 Å². The second kappa shape index (κ2) is 8.31. The Bertz CT molecular complexity index is 1250. The molecule has 194 valence electrons. The van der Waals surface area contributed by atoms with Crippen molar-refractivity contribution in [3.05, 3.63) is 26.7 Å². The molecular formula is C20H22F7N5O3. The molecule has 35 heavy (non-hydrogen) atoms. The molecule has 8 nitrogen and oxygen atoms in total. The van der Waals surface area contributed by atoms with E-state index in [-0.39, 0.29) is 41.3 Å². The minimum atomic E-state index is -5.62. The summed E-state index contributed by atoms with van der Waals surface area (Å²) in [6.45, 7) is -0.616. The number of aromatic nitrogens is 2. The Hall–Kier alpha value is -2.97. The lowest BCUT2D eigenvalue weighted by Crippen LogP contribution is -2.52. The van der Waals surface area contributed by atoms with Gasteiger partial charge >= 0.3 is 18.0 Å². The molecule has 2 aliphatic rings. The van der Waals surface area contributed by atoms with Gasteiger partial charge in [-0.25, -0.2) is 9.18 Å². The van der Waals surface area contributed by atoms with Gasteiger partial charge in [0, 0.05) is 25.2 Å². The molecule has 2 unspecified atom stereocenters. The second-order valence-corrected chi connectivity index (χ2v) is 8.83. The molecule has 0 amide bonds. The molecular weight excluding hydrogens is 491 g/mol. The SMILES string of the molecule is COc1c(N2CCC(C(N)C(C(F)(F)F)C(F)(F)F)C2)c(F)c(N)c2c(=O)[nH]c(=O)n(C3CC3)c12. The third-order valence-electron chi connectivity index (χ3n) is 6.58. The molecule has 1 saturated carbocycles. The van der Waals surface area contributed by atoms with Gasteiger partial charge in [0.25, 0.3) is 5.56 Å². The summed E-state index contributed by atoms with van der Waals surface area (Å²) >= 11 is 0. The molecule has 2 aromatic rings. The average Bonchev–Trinajstić information content (AvgIpc) is 3.43. The number of methoxy groups -OCH3 is 1. The smallest absolute Gasteiger partial charge is 0.402 e. The maximum absolute atomic E-state index is 15.4. The Kier molecular flexibility index (Phi) is 5.97. The third-order valence-corrected chi connectivity index (χ3v) is 6.58. The topological polar surface area (TPSA) is 119 Å². The first-order chi connectivity index (χ1) is 16.2. The van der Waals surface area contributed by atoms with Crippen LogP contribution in [0.5, 0.6) is 5.75 Å². The summed E-state index contributed by atoms with van der Waals surface area (Å²) < 4.78 is 101. The van der Waals surface area contributed by atoms with E-state index in [1.807, 2.05) is 0 Å². The maximum Gasteiger partial charge on any atom is 0.402 e. The van der Waals surface area contributed by atoms with E-state index in [4.69, 9.17) is 16.2 Å². The lowest BCUT2D eigenvalue weighted by atomic mass is 9.87. The normalized spacial score (nSPS) is 20.2. The molecule has 2 fully saturated rings. The monoisotopic (exact) mass is 513 g/mol. The van der Waals surface area contributed by atoms with Crippen LogP contribution in [0.3, 0.4) is 0 Å². The predicted octanol–water partition coefficient (Wildman–Crippen LogP) is 2.65. The first-order valence-electron chi connectivity index (χ1n) is 10.7. The zero-order valence-corrected chi connectivity index (χ0v) is 18.3. The summed E-state index contributed by atoms with van der Waals surface area (Å²) in [6, 6.07) is -2.65. The van der Waals surface area contributed by atoms with Gasteiger partial charge in [-0.15, -0.1) is 0 Å². The first-order valence-corrected chi connectivity index (χ1v) is 10.7. The van der Waals surface area contributed by atoms with Crippen molar-refractivity contribution in [3.8, 4) is 5.75 Å². The van der Waals surface area contributed by atoms with Gasteiger partial charge in [-0.3, -0.25) is 14.3 Å². The van der Waals surface area contributed by atoms with E-state index < -0.39 is 59.5 Å². The van der Waals surface area contributed by atoms with E-state index in [1.54, 1.807) is 0 Å². The number of nitrogens with zero attached hydrogens (tertiary/aromatic N) is 2. The van der Waals surface area contributed by atoms with Crippen molar-refractivity contribution in [1.82, 2.24) is 9.55 Å². The summed E-state index contributed by atoms with van der Waals surface area (Å²) in [5.41, 5.74) is 8.56. The van der Waals surface area contributed by atoms with Crippen LogP contribution in [0, 0.1) is 17.7 Å². The molecule has 0 bridgehead atoms. The van der Waals surface area contributed by atoms with Crippen LogP contribution in [0.1, 0.15) is 25.3 Å². The van der Waals surface area contributed by atoms with E-state index >= 15 is 4.39 Å². The van der Waals surface area contributed by atoms with Crippen LogP contribution in [-0.4, -0.2) is 48.1 Å². The van der Waals surface area contributed by atoms with Crippen LogP contribution in [0.4, 0.5) is 42.1 Å². The highest BCUT2D eigenvalue weighted by Gasteiger charge is 2.61. The maximum atomic E-state index is 15.4. The summed E-state index contributed by atoms with van der Waals surface area (Å²) in [7, 11) is 1.14. The molecule has 4 rings (SSSR count). The average molecular weight is 513 g/mol. The Morgan fingerprint density at radius 1 is 1.09 bits per heavy atom. The van der Waals surface area contributed by atoms with Gasteiger partial charge in [-0.2, -0.15) is 26.3 Å². The molecule has 2 heterocycles. The number of rotatable bonds is 5. The minimum absolute atomic E-state index is 0.0890. The predicted molar refractivity (Wildman–Crippen MR) is 112 cm³/mol. The summed E-state index contributed by atoms with van der Waals surface area (Å²) in [5, 5.41) is -0.337. The Balaban J connectivity index is 1.82. The fourth-order valence-corrected chi connectivity index (χ4v) is 4.83. The largest absolute Gasteiger partial charge is 0.492 e. The molecule has 1 aromatic heterocycles. The highest BCUT2D eigenvalue weighted by atomic mass is 19.4. The van der Waals surface area contributed by atoms with Gasteiger partial charge in [0.2, 0.25) is 0 Å². The van der Waals surface area contributed by atoms with Crippen LogP contribution in [-0.2, 0) is 0 Å². The van der Waals surface area contributed by atoms with Gasteiger partial charge in [0.05, 0.1) is 18.2 Å². The minimum Gasteiger partial charge on any atom is -0.492 e. The van der Waals surface area contributed by atoms with Crippen molar-refractivity contribution >= 4 is 22.3 Å². The van der Waals surface area contributed by atoms with Crippen molar-refractivity contribution in [2.45, 2.75) is 43.7 Å². The summed E-state index contributed by atoms with van der Waals surface area (Å²) in [5.74, 6) is -6.46. The number of nitrogen functional groups attached to an aromatic ring is 1. The number of benzene rings is 1. The van der Waals surface area contributed by atoms with Crippen LogP contribution in [0.25, 0.3) is 10.9 Å². The van der Waals surface area contributed by atoms with Crippen molar-refractivity contribution in [2.75, 3.05) is 30.8 Å². The van der Waals surface area contributed by atoms with E-state index in [0.717, 1.165) is 7.11 Å². The molecule has 0 spiro atoms. The molecule has 1 aliphatic carbocycles.